The van der Waals surface area contributed by atoms with Crippen molar-refractivity contribution in [1.82, 2.24) is 24.2 Å². The lowest BCUT2D eigenvalue weighted by molar-refractivity contribution is 0.314. The molecule has 1 N–H and O–H groups in total. The van der Waals surface area contributed by atoms with Gasteiger partial charge >= 0.3 is 0 Å². The van der Waals surface area contributed by atoms with E-state index in [-0.39, 0.29) is 5.92 Å². The molecule has 122 valence electrons. The monoisotopic (exact) mass is 334 g/mol. The Morgan fingerprint density at radius 1 is 1.17 bits per heavy atom. The summed E-state index contributed by atoms with van der Waals surface area (Å²) in [5, 5.41) is 3.05. The number of sulfonamides is 1. The maximum absolute atomic E-state index is 11.7. The third-order valence-corrected chi connectivity index (χ3v) is 5.01. The van der Waals surface area contributed by atoms with Gasteiger partial charge in [-0.15, -0.1) is 0 Å². The molecule has 0 radical (unpaired) electrons. The molecule has 0 spiro atoms. The summed E-state index contributed by atoms with van der Waals surface area (Å²) in [5.74, 6) is 1.20. The second-order valence-corrected chi connectivity index (χ2v) is 7.49. The van der Waals surface area contributed by atoms with Crippen LogP contribution in [0.1, 0.15) is 24.5 Å². The van der Waals surface area contributed by atoms with Gasteiger partial charge in [-0.3, -0.25) is 9.97 Å². The molecule has 0 aliphatic carbocycles. The highest BCUT2D eigenvalue weighted by atomic mass is 32.2. The first-order chi connectivity index (χ1) is 11.0. The Kier molecular flexibility index (Phi) is 4.49. The van der Waals surface area contributed by atoms with Crippen molar-refractivity contribution < 1.29 is 8.42 Å². The molecule has 0 aromatic carbocycles. The second-order valence-electron chi connectivity index (χ2n) is 5.50. The van der Waals surface area contributed by atoms with Gasteiger partial charge in [0.25, 0.3) is 0 Å². The molecule has 1 unspecified atom stereocenters. The molecule has 1 fully saturated rings. The number of nitrogens with one attached hydrogen (secondary N) is 1. The number of nitrogens with zero attached hydrogens (tertiary/aromatic N) is 5. The van der Waals surface area contributed by atoms with E-state index in [2.05, 4.69) is 25.3 Å². The lowest BCUT2D eigenvalue weighted by Crippen LogP contribution is -2.38. The maximum Gasteiger partial charge on any atom is 0.211 e. The van der Waals surface area contributed by atoms with Crippen molar-refractivity contribution in [3.63, 3.8) is 0 Å². The zero-order valence-electron chi connectivity index (χ0n) is 12.8. The van der Waals surface area contributed by atoms with Crippen LogP contribution >= 0.6 is 0 Å². The molecule has 1 atom stereocenters. The van der Waals surface area contributed by atoms with Crippen molar-refractivity contribution >= 4 is 21.7 Å². The highest BCUT2D eigenvalue weighted by Gasteiger charge is 2.27. The lowest BCUT2D eigenvalue weighted by atomic mass is 9.96. The first-order valence-corrected chi connectivity index (χ1v) is 9.17. The number of anilines is 2. The Hall–Kier alpha value is -2.13. The first-order valence-electron chi connectivity index (χ1n) is 7.32. The molecule has 1 saturated heterocycles. The molecule has 0 saturated carbocycles. The Labute approximate surface area is 135 Å². The fourth-order valence-corrected chi connectivity index (χ4v) is 3.53. The highest BCUT2D eigenvalue weighted by molar-refractivity contribution is 7.88. The summed E-state index contributed by atoms with van der Waals surface area (Å²) in [6.45, 7) is 1.02. The molecule has 2 aromatic rings. The van der Waals surface area contributed by atoms with E-state index in [0.29, 0.717) is 24.7 Å². The van der Waals surface area contributed by atoms with E-state index in [0.717, 1.165) is 18.5 Å². The topological polar surface area (TPSA) is 101 Å². The van der Waals surface area contributed by atoms with Crippen molar-refractivity contribution in [1.29, 1.82) is 0 Å². The van der Waals surface area contributed by atoms with Crippen molar-refractivity contribution in [3.05, 3.63) is 36.7 Å². The molecular weight excluding hydrogens is 316 g/mol. The fraction of sp³-hybridized carbons (Fsp3) is 0.429. The number of hydrogen-bond acceptors (Lipinski definition) is 7. The zero-order valence-corrected chi connectivity index (χ0v) is 13.6. The zero-order chi connectivity index (χ0) is 16.3. The number of hydrogen-bond donors (Lipinski definition) is 1. The van der Waals surface area contributed by atoms with Crippen LogP contribution in [0.5, 0.6) is 0 Å². The van der Waals surface area contributed by atoms with Crippen LogP contribution in [0.15, 0.2) is 31.0 Å². The van der Waals surface area contributed by atoms with E-state index in [9.17, 15) is 8.42 Å². The summed E-state index contributed by atoms with van der Waals surface area (Å²) < 4.78 is 25.0. The number of piperidine rings is 1. The van der Waals surface area contributed by atoms with E-state index < -0.39 is 10.0 Å². The van der Waals surface area contributed by atoms with Crippen molar-refractivity contribution in [2.75, 3.05) is 24.7 Å². The summed E-state index contributed by atoms with van der Waals surface area (Å²) in [6, 6.07) is 0. The van der Waals surface area contributed by atoms with Gasteiger partial charge in [-0.1, -0.05) is 0 Å². The molecule has 3 heterocycles. The Bertz CT molecular complexity index is 768. The van der Waals surface area contributed by atoms with Gasteiger partial charge in [-0.25, -0.2) is 22.7 Å². The average molecular weight is 334 g/mol. The van der Waals surface area contributed by atoms with Gasteiger partial charge in [0.05, 0.1) is 24.3 Å². The van der Waals surface area contributed by atoms with Crippen molar-refractivity contribution in [2.24, 2.45) is 0 Å². The molecule has 1 aliphatic rings. The average Bonchev–Trinajstić information content (AvgIpc) is 2.55. The van der Waals surface area contributed by atoms with Crippen LogP contribution in [0.4, 0.5) is 11.6 Å². The smallest absolute Gasteiger partial charge is 0.211 e. The molecule has 3 rings (SSSR count). The van der Waals surface area contributed by atoms with Gasteiger partial charge in [-0.05, 0) is 12.8 Å². The minimum absolute atomic E-state index is 0.0505. The predicted molar refractivity (Wildman–Crippen MR) is 85.7 cm³/mol. The summed E-state index contributed by atoms with van der Waals surface area (Å²) in [7, 11) is -3.17. The Balaban J connectivity index is 1.77. The normalized spacial score (nSPS) is 19.4. The SMILES string of the molecule is CS(=O)(=O)N1CCCC(c2cncc(Nc3cnccn3)n2)C1. The molecule has 0 bridgehead atoms. The quantitative estimate of drug-likeness (QED) is 0.895. The molecule has 2 aromatic heterocycles. The third kappa shape index (κ3) is 3.99. The van der Waals surface area contributed by atoms with Gasteiger partial charge in [0.2, 0.25) is 10.0 Å². The minimum Gasteiger partial charge on any atom is -0.322 e. The van der Waals surface area contributed by atoms with Crippen LogP contribution in [0.25, 0.3) is 0 Å². The van der Waals surface area contributed by atoms with Crippen molar-refractivity contribution in [3.8, 4) is 0 Å². The standard InChI is InChI=1S/C14H18N6O2S/c1-23(21,22)20-6-2-3-11(10-20)12-7-16-9-14(18-12)19-13-8-15-4-5-17-13/h4-5,7-9,11H,2-3,6,10H2,1H3,(H,17,18,19). The summed E-state index contributed by atoms with van der Waals surface area (Å²) in [6.07, 6.45) is 11.0. The minimum atomic E-state index is -3.17. The van der Waals surface area contributed by atoms with E-state index in [1.807, 2.05) is 0 Å². The molecule has 23 heavy (non-hydrogen) atoms. The molecule has 0 amide bonds. The number of aromatic nitrogens is 4. The Morgan fingerprint density at radius 3 is 2.74 bits per heavy atom. The van der Waals surface area contributed by atoms with Gasteiger partial charge in [0, 0.05) is 37.6 Å². The van der Waals surface area contributed by atoms with Crippen LogP contribution in [-0.2, 0) is 10.0 Å². The van der Waals surface area contributed by atoms with Crippen LogP contribution in [0, 0.1) is 0 Å². The summed E-state index contributed by atoms with van der Waals surface area (Å²) >= 11 is 0. The van der Waals surface area contributed by atoms with E-state index in [1.54, 1.807) is 31.0 Å². The summed E-state index contributed by atoms with van der Waals surface area (Å²) in [5.41, 5.74) is 0.784. The summed E-state index contributed by atoms with van der Waals surface area (Å²) in [4.78, 5) is 16.9. The van der Waals surface area contributed by atoms with Gasteiger partial charge < -0.3 is 5.32 Å². The van der Waals surface area contributed by atoms with E-state index in [4.69, 9.17) is 0 Å². The third-order valence-electron chi connectivity index (χ3n) is 3.74. The largest absolute Gasteiger partial charge is 0.322 e. The second kappa shape index (κ2) is 6.55. The molecule has 1 aliphatic heterocycles. The fourth-order valence-electron chi connectivity index (χ4n) is 2.62. The maximum atomic E-state index is 11.7. The van der Waals surface area contributed by atoms with Crippen LogP contribution in [-0.4, -0.2) is 52.0 Å². The van der Waals surface area contributed by atoms with Crippen LogP contribution in [0.3, 0.4) is 0 Å². The highest BCUT2D eigenvalue weighted by Crippen LogP contribution is 2.27. The van der Waals surface area contributed by atoms with Gasteiger partial charge in [0.1, 0.15) is 11.6 Å². The Morgan fingerprint density at radius 2 is 2.00 bits per heavy atom. The van der Waals surface area contributed by atoms with Gasteiger partial charge in [-0.2, -0.15) is 0 Å². The van der Waals surface area contributed by atoms with Crippen LogP contribution in [0.2, 0.25) is 0 Å². The van der Waals surface area contributed by atoms with Crippen LogP contribution < -0.4 is 5.32 Å². The first kappa shape index (κ1) is 15.8. The van der Waals surface area contributed by atoms with Gasteiger partial charge in [0.15, 0.2) is 0 Å². The molecule has 9 heteroatoms. The number of rotatable bonds is 4. The van der Waals surface area contributed by atoms with E-state index in [1.165, 1.54) is 10.6 Å². The van der Waals surface area contributed by atoms with Crippen molar-refractivity contribution in [2.45, 2.75) is 18.8 Å². The predicted octanol–water partition coefficient (Wildman–Crippen LogP) is 1.15. The molecular formula is C14H18N6O2S. The lowest BCUT2D eigenvalue weighted by Gasteiger charge is -2.30. The molecule has 8 nitrogen and oxygen atoms in total. The van der Waals surface area contributed by atoms with E-state index >= 15 is 0 Å².